The first-order chi connectivity index (χ1) is 15.1. The highest BCUT2D eigenvalue weighted by Crippen LogP contribution is 2.44. The third kappa shape index (κ3) is 4.39. The molecule has 0 saturated heterocycles. The van der Waals surface area contributed by atoms with E-state index >= 15 is 0 Å². The van der Waals surface area contributed by atoms with Crippen LogP contribution in [0.15, 0.2) is 59.3 Å². The van der Waals surface area contributed by atoms with Crippen LogP contribution in [0.3, 0.4) is 0 Å². The Balaban J connectivity index is 1.29. The monoisotopic (exact) mass is 437 g/mol. The number of rotatable bonds is 8. The number of nitrogens with one attached hydrogen (secondary N) is 1. The van der Waals surface area contributed by atoms with E-state index in [2.05, 4.69) is 29.6 Å². The zero-order chi connectivity index (χ0) is 21.8. The summed E-state index contributed by atoms with van der Waals surface area (Å²) in [5.41, 5.74) is 5.35. The van der Waals surface area contributed by atoms with Crippen molar-refractivity contribution in [2.24, 2.45) is 0 Å². The molecule has 2 atom stereocenters. The molecule has 3 aromatic rings. The Kier molecular flexibility index (Phi) is 6.46. The summed E-state index contributed by atoms with van der Waals surface area (Å²) in [6, 6.07) is 16.2. The lowest BCUT2D eigenvalue weighted by Crippen LogP contribution is -2.30. The number of thiophene rings is 1. The number of alkyl carbamates (subject to hydrolysis) is 1. The lowest BCUT2D eigenvalue weighted by molar-refractivity contribution is 0.0136. The van der Waals surface area contributed by atoms with Crippen molar-refractivity contribution in [3.05, 3.63) is 81.5 Å². The maximum absolute atomic E-state index is 12.2. The Morgan fingerprint density at radius 1 is 1.06 bits per heavy atom. The van der Waals surface area contributed by atoms with Gasteiger partial charge in [0.2, 0.25) is 0 Å². The molecule has 160 valence electrons. The number of aliphatic hydroxyl groups is 2. The van der Waals surface area contributed by atoms with E-state index in [1.807, 2.05) is 24.3 Å². The van der Waals surface area contributed by atoms with Gasteiger partial charge >= 0.3 is 6.09 Å². The van der Waals surface area contributed by atoms with Crippen LogP contribution in [0.25, 0.3) is 11.1 Å². The topological polar surface area (TPSA) is 95.9 Å². The fourth-order valence-corrected chi connectivity index (χ4v) is 4.82. The predicted octanol–water partition coefficient (Wildman–Crippen LogP) is 3.88. The molecule has 1 aromatic heterocycles. The molecule has 3 N–H and O–H groups in total. The number of ether oxygens (including phenoxy) is 1. The van der Waals surface area contributed by atoms with Gasteiger partial charge in [-0.1, -0.05) is 48.5 Å². The van der Waals surface area contributed by atoms with Gasteiger partial charge in [0.15, 0.2) is 6.29 Å². The van der Waals surface area contributed by atoms with Crippen LogP contribution in [0.1, 0.15) is 45.5 Å². The maximum atomic E-state index is 12.2. The van der Waals surface area contributed by atoms with E-state index < -0.39 is 18.3 Å². The number of fused-ring (bicyclic) bond motifs is 3. The first kappa shape index (κ1) is 21.2. The van der Waals surface area contributed by atoms with Crippen molar-refractivity contribution in [3.63, 3.8) is 0 Å². The number of aliphatic hydroxyl groups excluding tert-OH is 2. The van der Waals surface area contributed by atoms with Crippen LogP contribution >= 0.6 is 11.3 Å². The molecule has 2 unspecified atom stereocenters. The van der Waals surface area contributed by atoms with Gasteiger partial charge in [-0.05, 0) is 34.1 Å². The number of benzene rings is 2. The lowest BCUT2D eigenvalue weighted by atomic mass is 9.98. The van der Waals surface area contributed by atoms with Crippen molar-refractivity contribution >= 4 is 23.7 Å². The maximum Gasteiger partial charge on any atom is 0.407 e. The molecular formula is C24H23NO5S. The summed E-state index contributed by atoms with van der Waals surface area (Å²) in [5, 5.41) is 26.3. The number of hydrogen-bond acceptors (Lipinski definition) is 6. The highest BCUT2D eigenvalue weighted by atomic mass is 32.1. The molecule has 7 heteroatoms. The van der Waals surface area contributed by atoms with Crippen molar-refractivity contribution in [2.75, 3.05) is 13.2 Å². The average molecular weight is 438 g/mol. The van der Waals surface area contributed by atoms with Gasteiger partial charge in [-0.15, -0.1) is 0 Å². The van der Waals surface area contributed by atoms with Gasteiger partial charge in [-0.2, -0.15) is 11.3 Å². The molecular weight excluding hydrogens is 414 g/mol. The zero-order valence-electron chi connectivity index (χ0n) is 16.7. The number of carbonyl (C=O) groups excluding carboxylic acids is 2. The minimum atomic E-state index is -1.18. The first-order valence-electron chi connectivity index (χ1n) is 10.1. The summed E-state index contributed by atoms with van der Waals surface area (Å²) >= 11 is 1.28. The second kappa shape index (κ2) is 9.43. The van der Waals surface area contributed by atoms with Gasteiger partial charge in [0.25, 0.3) is 0 Å². The van der Waals surface area contributed by atoms with Crippen molar-refractivity contribution < 1.29 is 24.5 Å². The van der Waals surface area contributed by atoms with Crippen LogP contribution < -0.4 is 5.32 Å². The van der Waals surface area contributed by atoms with E-state index in [4.69, 9.17) is 4.74 Å². The molecule has 0 fully saturated rings. The Labute approximate surface area is 184 Å². The summed E-state index contributed by atoms with van der Waals surface area (Å²) < 4.78 is 5.45. The fraction of sp³-hybridized carbons (Fsp3) is 0.250. The fourth-order valence-electron chi connectivity index (χ4n) is 3.99. The smallest absolute Gasteiger partial charge is 0.407 e. The Morgan fingerprint density at radius 3 is 2.35 bits per heavy atom. The van der Waals surface area contributed by atoms with Crippen LogP contribution in [0, 0.1) is 0 Å². The molecule has 0 aliphatic heterocycles. The van der Waals surface area contributed by atoms with Crippen molar-refractivity contribution in [3.8, 4) is 11.1 Å². The average Bonchev–Trinajstić information content (AvgIpc) is 3.40. The second-order valence-corrected chi connectivity index (χ2v) is 8.20. The molecule has 31 heavy (non-hydrogen) atoms. The third-order valence-electron chi connectivity index (χ3n) is 5.59. The van der Waals surface area contributed by atoms with Gasteiger partial charge in [0.05, 0.1) is 6.10 Å². The van der Waals surface area contributed by atoms with Crippen molar-refractivity contribution in [2.45, 2.75) is 24.5 Å². The number of amides is 1. The van der Waals surface area contributed by atoms with Crippen LogP contribution in [-0.2, 0) is 4.74 Å². The Morgan fingerprint density at radius 2 is 1.71 bits per heavy atom. The summed E-state index contributed by atoms with van der Waals surface area (Å²) in [6.45, 7) is 0.345. The molecule has 0 bridgehead atoms. The zero-order valence-corrected chi connectivity index (χ0v) is 17.5. The molecule has 6 nitrogen and oxygen atoms in total. The quantitative estimate of drug-likeness (QED) is 0.465. The van der Waals surface area contributed by atoms with Crippen LogP contribution in [-0.4, -0.2) is 41.8 Å². The number of carbonyl (C=O) groups is 2. The van der Waals surface area contributed by atoms with Gasteiger partial charge < -0.3 is 20.3 Å². The van der Waals surface area contributed by atoms with E-state index in [-0.39, 0.29) is 25.5 Å². The molecule has 0 spiro atoms. The molecule has 0 saturated carbocycles. The van der Waals surface area contributed by atoms with Gasteiger partial charge in [0.1, 0.15) is 12.7 Å². The third-order valence-corrected chi connectivity index (χ3v) is 6.37. The van der Waals surface area contributed by atoms with Crippen molar-refractivity contribution in [1.29, 1.82) is 0 Å². The van der Waals surface area contributed by atoms with Crippen LogP contribution in [0.2, 0.25) is 0 Å². The van der Waals surface area contributed by atoms with Crippen LogP contribution in [0.5, 0.6) is 0 Å². The number of hydrogen-bond donors (Lipinski definition) is 3. The Hall–Kier alpha value is -3.00. The normalized spacial score (nSPS) is 14.4. The summed E-state index contributed by atoms with van der Waals surface area (Å²) in [6.07, 6.45) is -2.10. The van der Waals surface area contributed by atoms with Crippen molar-refractivity contribution in [1.82, 2.24) is 5.32 Å². The first-order valence-corrected chi connectivity index (χ1v) is 11.0. The predicted molar refractivity (Wildman–Crippen MR) is 118 cm³/mol. The molecule has 2 aromatic carbocycles. The minimum absolute atomic E-state index is 0.0223. The second-order valence-electron chi connectivity index (χ2n) is 7.45. The molecule has 1 amide bonds. The SMILES string of the molecule is O=Cc1cscc1C(O)C(O)CCNC(=O)OCC1c2ccccc2-c2ccccc21. The molecule has 0 radical (unpaired) electrons. The minimum Gasteiger partial charge on any atom is -0.449 e. The van der Waals surface area contributed by atoms with Gasteiger partial charge in [0, 0.05) is 29.0 Å². The summed E-state index contributed by atoms with van der Waals surface area (Å²) in [5.74, 6) is -0.0223. The largest absolute Gasteiger partial charge is 0.449 e. The van der Waals surface area contributed by atoms with Gasteiger partial charge in [-0.25, -0.2) is 4.79 Å². The molecule has 1 aliphatic carbocycles. The standard InChI is InChI=1S/C24H23NO5S/c26-11-15-13-31-14-21(15)23(28)22(27)9-10-25-24(29)30-12-20-18-7-3-1-5-16(18)17-6-2-4-8-19(17)20/h1-8,11,13-14,20,22-23,27-28H,9-10,12H2,(H,25,29). The lowest BCUT2D eigenvalue weighted by Gasteiger charge is -2.18. The van der Waals surface area contributed by atoms with E-state index in [9.17, 15) is 19.8 Å². The van der Waals surface area contributed by atoms with E-state index in [0.717, 1.165) is 22.3 Å². The van der Waals surface area contributed by atoms with Gasteiger partial charge in [-0.3, -0.25) is 4.79 Å². The summed E-state index contributed by atoms with van der Waals surface area (Å²) in [7, 11) is 0. The Bertz CT molecular complexity index is 1030. The van der Waals surface area contributed by atoms with E-state index in [1.54, 1.807) is 10.8 Å². The molecule has 1 heterocycles. The highest BCUT2D eigenvalue weighted by Gasteiger charge is 2.29. The highest BCUT2D eigenvalue weighted by molar-refractivity contribution is 7.08. The van der Waals surface area contributed by atoms with Crippen LogP contribution in [0.4, 0.5) is 4.79 Å². The number of aldehydes is 1. The molecule has 4 rings (SSSR count). The summed E-state index contributed by atoms with van der Waals surface area (Å²) in [4.78, 5) is 23.2. The van der Waals surface area contributed by atoms with E-state index in [0.29, 0.717) is 17.4 Å². The molecule has 1 aliphatic rings. The van der Waals surface area contributed by atoms with E-state index in [1.165, 1.54) is 11.3 Å².